The molecule has 1 fully saturated rings. The maximum atomic E-state index is 10.8. The van der Waals surface area contributed by atoms with Crippen LogP contribution in [0.3, 0.4) is 0 Å². The van der Waals surface area contributed by atoms with E-state index in [-0.39, 0.29) is 0 Å². The maximum Gasteiger partial charge on any atom is 0.332 e. The number of amides is 2. The van der Waals surface area contributed by atoms with Gasteiger partial charge in [-0.2, -0.15) is 5.10 Å². The quantitative estimate of drug-likeness (QED) is 0.511. The summed E-state index contributed by atoms with van der Waals surface area (Å²) in [4.78, 5) is 10.8. The molecular formula is C15H29N3O. The van der Waals surface area contributed by atoms with E-state index < -0.39 is 6.03 Å². The van der Waals surface area contributed by atoms with Gasteiger partial charge in [0.1, 0.15) is 0 Å². The van der Waals surface area contributed by atoms with Crippen molar-refractivity contribution < 1.29 is 4.79 Å². The lowest BCUT2D eigenvalue weighted by Crippen LogP contribution is -2.26. The van der Waals surface area contributed by atoms with E-state index >= 15 is 0 Å². The molecule has 4 nitrogen and oxygen atoms in total. The van der Waals surface area contributed by atoms with Crippen molar-refractivity contribution in [1.29, 1.82) is 0 Å². The number of rotatable bonds is 8. The molecule has 2 atom stereocenters. The van der Waals surface area contributed by atoms with E-state index in [1.54, 1.807) is 0 Å². The summed E-state index contributed by atoms with van der Waals surface area (Å²) < 4.78 is 0. The summed E-state index contributed by atoms with van der Waals surface area (Å²) in [6.07, 6.45) is 7.43. The molecule has 4 heteroatoms. The predicted octanol–water partition coefficient (Wildman–Crippen LogP) is 3.66. The van der Waals surface area contributed by atoms with Crippen molar-refractivity contribution in [1.82, 2.24) is 5.43 Å². The van der Waals surface area contributed by atoms with Gasteiger partial charge >= 0.3 is 6.03 Å². The largest absolute Gasteiger partial charge is 0.350 e. The van der Waals surface area contributed by atoms with Crippen molar-refractivity contribution in [3.05, 3.63) is 0 Å². The lowest BCUT2D eigenvalue weighted by Gasteiger charge is -2.16. The summed E-state index contributed by atoms with van der Waals surface area (Å²) in [5.74, 6) is 1.26. The van der Waals surface area contributed by atoms with E-state index in [1.807, 2.05) is 6.92 Å². The summed E-state index contributed by atoms with van der Waals surface area (Å²) in [6, 6.07) is -0.580. The van der Waals surface area contributed by atoms with E-state index in [0.29, 0.717) is 11.3 Å². The zero-order valence-electron chi connectivity index (χ0n) is 12.8. The second-order valence-electron chi connectivity index (χ2n) is 5.84. The molecule has 0 bridgehead atoms. The predicted molar refractivity (Wildman–Crippen MR) is 80.0 cm³/mol. The van der Waals surface area contributed by atoms with Crippen molar-refractivity contribution in [3.63, 3.8) is 0 Å². The van der Waals surface area contributed by atoms with Crippen LogP contribution in [0.2, 0.25) is 0 Å². The summed E-state index contributed by atoms with van der Waals surface area (Å²) in [5, 5.41) is 4.17. The highest BCUT2D eigenvalue weighted by Gasteiger charge is 2.62. The van der Waals surface area contributed by atoms with E-state index in [1.165, 1.54) is 38.5 Å². The van der Waals surface area contributed by atoms with Crippen molar-refractivity contribution in [2.24, 2.45) is 28.1 Å². The fourth-order valence-electron chi connectivity index (χ4n) is 4.00. The SMILES string of the molecule is CCC[C@@H]1[C@@H](C(C)=NNC(N)=O)C1(CCC)CCC. The van der Waals surface area contributed by atoms with Gasteiger partial charge < -0.3 is 5.73 Å². The van der Waals surface area contributed by atoms with Gasteiger partial charge in [-0.05, 0) is 37.5 Å². The first kappa shape index (κ1) is 16.0. The van der Waals surface area contributed by atoms with Crippen LogP contribution in [0.25, 0.3) is 0 Å². The standard InChI is InChI=1S/C15H29N3O/c1-5-8-12-13(11(4)17-18-14(16)19)15(12,9-6-2)10-7-3/h12-13H,5-10H2,1-4H3,(H3,16,18,19)/t12-,13-/m1/s1. The van der Waals surface area contributed by atoms with Crippen LogP contribution in [0.4, 0.5) is 4.79 Å². The van der Waals surface area contributed by atoms with Gasteiger partial charge in [-0.3, -0.25) is 0 Å². The molecule has 1 saturated carbocycles. The molecule has 0 saturated heterocycles. The number of primary amides is 1. The van der Waals surface area contributed by atoms with Crippen LogP contribution >= 0.6 is 0 Å². The zero-order chi connectivity index (χ0) is 14.5. The smallest absolute Gasteiger partial charge is 0.332 e. The zero-order valence-corrected chi connectivity index (χ0v) is 12.8. The average molecular weight is 267 g/mol. The molecule has 110 valence electrons. The fourth-order valence-corrected chi connectivity index (χ4v) is 4.00. The molecule has 1 aliphatic rings. The summed E-state index contributed by atoms with van der Waals surface area (Å²) in [5.41, 5.74) is 8.92. The van der Waals surface area contributed by atoms with Gasteiger partial charge in [0.25, 0.3) is 0 Å². The molecule has 0 heterocycles. The number of nitrogens with two attached hydrogens (primary N) is 1. The average Bonchev–Trinajstić information content (AvgIpc) is 2.95. The molecule has 3 N–H and O–H groups in total. The number of carbonyl (C=O) groups excluding carboxylic acids is 1. The number of hydrazone groups is 1. The third kappa shape index (κ3) is 3.48. The Morgan fingerprint density at radius 1 is 1.21 bits per heavy atom. The van der Waals surface area contributed by atoms with Gasteiger partial charge in [-0.25, -0.2) is 10.2 Å². The molecule has 1 rings (SSSR count). The van der Waals surface area contributed by atoms with E-state index in [4.69, 9.17) is 5.73 Å². The van der Waals surface area contributed by atoms with E-state index in [0.717, 1.165) is 11.6 Å². The number of nitrogens with zero attached hydrogens (tertiary/aromatic N) is 1. The highest BCUT2D eigenvalue weighted by Crippen LogP contribution is 2.66. The summed E-state index contributed by atoms with van der Waals surface area (Å²) in [6.45, 7) is 8.77. The Hall–Kier alpha value is -1.06. The van der Waals surface area contributed by atoms with Gasteiger partial charge in [0.05, 0.1) is 0 Å². The Kier molecular flexibility index (Phi) is 5.83. The Morgan fingerprint density at radius 3 is 2.21 bits per heavy atom. The lowest BCUT2D eigenvalue weighted by molar-refractivity contribution is 0.249. The molecule has 0 unspecified atom stereocenters. The van der Waals surface area contributed by atoms with Gasteiger partial charge in [-0.15, -0.1) is 0 Å². The number of hydrogen-bond donors (Lipinski definition) is 2. The number of nitrogens with one attached hydrogen (secondary N) is 1. The van der Waals surface area contributed by atoms with Crippen LogP contribution in [-0.2, 0) is 0 Å². The molecule has 0 aliphatic heterocycles. The monoisotopic (exact) mass is 267 g/mol. The summed E-state index contributed by atoms with van der Waals surface area (Å²) >= 11 is 0. The highest BCUT2D eigenvalue weighted by atomic mass is 16.2. The van der Waals surface area contributed by atoms with Crippen molar-refractivity contribution >= 4 is 11.7 Å². The van der Waals surface area contributed by atoms with Crippen LogP contribution in [-0.4, -0.2) is 11.7 Å². The molecule has 0 aromatic carbocycles. The number of carbonyl (C=O) groups is 1. The molecule has 0 aromatic heterocycles. The fraction of sp³-hybridized carbons (Fsp3) is 0.867. The minimum absolute atomic E-state index is 0.423. The minimum Gasteiger partial charge on any atom is -0.350 e. The van der Waals surface area contributed by atoms with Crippen LogP contribution < -0.4 is 11.2 Å². The number of urea groups is 1. The maximum absolute atomic E-state index is 10.8. The van der Waals surface area contributed by atoms with Crippen LogP contribution in [0.1, 0.15) is 66.2 Å². The Morgan fingerprint density at radius 2 is 1.79 bits per heavy atom. The first-order valence-electron chi connectivity index (χ1n) is 7.63. The normalized spacial score (nSPS) is 25.2. The minimum atomic E-state index is -0.580. The van der Waals surface area contributed by atoms with Crippen molar-refractivity contribution in [3.8, 4) is 0 Å². The molecule has 0 spiro atoms. The van der Waals surface area contributed by atoms with Gasteiger partial charge in [0.2, 0.25) is 0 Å². The lowest BCUT2D eigenvalue weighted by atomic mass is 9.89. The first-order chi connectivity index (χ1) is 9.03. The molecule has 1 aliphatic carbocycles. The van der Waals surface area contributed by atoms with Crippen molar-refractivity contribution in [2.45, 2.75) is 66.2 Å². The third-order valence-corrected chi connectivity index (χ3v) is 4.47. The van der Waals surface area contributed by atoms with Gasteiger partial charge in [0.15, 0.2) is 0 Å². The molecule has 19 heavy (non-hydrogen) atoms. The Bertz CT molecular complexity index is 332. The molecule has 0 aromatic rings. The van der Waals surface area contributed by atoms with Crippen LogP contribution in [0.5, 0.6) is 0 Å². The Labute approximate surface area is 117 Å². The van der Waals surface area contributed by atoms with E-state index in [9.17, 15) is 4.79 Å². The van der Waals surface area contributed by atoms with Crippen molar-refractivity contribution in [2.75, 3.05) is 0 Å². The number of hydrogen-bond acceptors (Lipinski definition) is 2. The molecular weight excluding hydrogens is 238 g/mol. The molecule has 2 amide bonds. The topological polar surface area (TPSA) is 67.5 Å². The van der Waals surface area contributed by atoms with Gasteiger partial charge in [0, 0.05) is 11.6 Å². The third-order valence-electron chi connectivity index (χ3n) is 4.47. The first-order valence-corrected chi connectivity index (χ1v) is 7.63. The Balaban J connectivity index is 2.83. The second-order valence-corrected chi connectivity index (χ2v) is 5.84. The molecule has 0 radical (unpaired) electrons. The second kappa shape index (κ2) is 6.92. The van der Waals surface area contributed by atoms with Crippen LogP contribution in [0, 0.1) is 17.3 Å². The highest BCUT2D eigenvalue weighted by molar-refractivity contribution is 5.89. The van der Waals surface area contributed by atoms with Crippen LogP contribution in [0.15, 0.2) is 5.10 Å². The van der Waals surface area contributed by atoms with Gasteiger partial charge in [-0.1, -0.05) is 40.0 Å². The van der Waals surface area contributed by atoms with E-state index in [2.05, 4.69) is 31.3 Å². The summed E-state index contributed by atoms with van der Waals surface area (Å²) in [7, 11) is 0.